The van der Waals surface area contributed by atoms with E-state index in [-0.39, 0.29) is 12.7 Å². The van der Waals surface area contributed by atoms with Crippen LogP contribution in [-0.2, 0) is 0 Å². The SMILES string of the molecule is CC(C)P(c1cccc(P(c2ccccc2)c2ccccc2)c1SC(C)(C)C)C(C)C. The zero-order valence-electron chi connectivity index (χ0n) is 20.0. The molecule has 31 heavy (non-hydrogen) atoms. The van der Waals surface area contributed by atoms with Crippen LogP contribution >= 0.6 is 27.6 Å². The monoisotopic (exact) mass is 466 g/mol. The Labute approximate surface area is 196 Å². The van der Waals surface area contributed by atoms with E-state index in [0.717, 1.165) is 0 Å². The van der Waals surface area contributed by atoms with Gasteiger partial charge < -0.3 is 0 Å². The van der Waals surface area contributed by atoms with Gasteiger partial charge in [0.1, 0.15) is 0 Å². The second-order valence-corrected chi connectivity index (χ2v) is 16.8. The Balaban J connectivity index is 2.30. The molecule has 0 spiro atoms. The van der Waals surface area contributed by atoms with Gasteiger partial charge in [-0.15, -0.1) is 11.8 Å². The van der Waals surface area contributed by atoms with E-state index in [9.17, 15) is 0 Å². The molecule has 3 aromatic rings. The molecule has 0 saturated carbocycles. The van der Waals surface area contributed by atoms with E-state index in [1.165, 1.54) is 20.8 Å². The van der Waals surface area contributed by atoms with Crippen molar-refractivity contribution >= 4 is 48.8 Å². The van der Waals surface area contributed by atoms with Gasteiger partial charge in [0.25, 0.3) is 0 Å². The Morgan fingerprint density at radius 1 is 0.613 bits per heavy atom. The molecular weight excluding hydrogens is 430 g/mol. The highest BCUT2D eigenvalue weighted by molar-refractivity contribution is 8.02. The summed E-state index contributed by atoms with van der Waals surface area (Å²) in [6.45, 7) is 16.7. The minimum atomic E-state index is -0.610. The molecule has 3 rings (SSSR count). The van der Waals surface area contributed by atoms with Crippen LogP contribution in [0.5, 0.6) is 0 Å². The van der Waals surface area contributed by atoms with E-state index in [1.54, 1.807) is 5.30 Å². The Kier molecular flexibility index (Phi) is 8.43. The summed E-state index contributed by atoms with van der Waals surface area (Å²) >= 11 is 2.07. The minimum Gasteiger partial charge on any atom is -0.119 e. The van der Waals surface area contributed by atoms with Crippen molar-refractivity contribution in [3.63, 3.8) is 0 Å². The van der Waals surface area contributed by atoms with Crippen LogP contribution in [0.4, 0.5) is 0 Å². The zero-order valence-corrected chi connectivity index (χ0v) is 22.6. The van der Waals surface area contributed by atoms with E-state index < -0.39 is 7.92 Å². The van der Waals surface area contributed by atoms with Gasteiger partial charge in [-0.2, -0.15) is 0 Å². The summed E-state index contributed by atoms with van der Waals surface area (Å²) in [5.41, 5.74) is 1.34. The van der Waals surface area contributed by atoms with Crippen molar-refractivity contribution in [1.29, 1.82) is 0 Å². The topological polar surface area (TPSA) is 0 Å². The van der Waals surface area contributed by atoms with Gasteiger partial charge in [0, 0.05) is 9.64 Å². The molecule has 0 aliphatic rings. The van der Waals surface area contributed by atoms with Crippen LogP contribution in [0.3, 0.4) is 0 Å². The molecule has 3 heteroatoms. The van der Waals surface area contributed by atoms with Crippen molar-refractivity contribution in [2.24, 2.45) is 0 Å². The second kappa shape index (κ2) is 10.7. The smallest absolute Gasteiger partial charge is 0.0238 e. The highest BCUT2D eigenvalue weighted by Crippen LogP contribution is 2.49. The van der Waals surface area contributed by atoms with Gasteiger partial charge in [-0.05, 0) is 40.5 Å². The quantitative estimate of drug-likeness (QED) is 0.261. The lowest BCUT2D eigenvalue weighted by molar-refractivity contribution is 0.803. The maximum Gasteiger partial charge on any atom is 0.0238 e. The molecule has 3 aromatic carbocycles. The fourth-order valence-electron chi connectivity index (χ4n) is 4.04. The van der Waals surface area contributed by atoms with Crippen molar-refractivity contribution in [3.8, 4) is 0 Å². The number of thioether (sulfide) groups is 1. The summed E-state index contributed by atoms with van der Waals surface area (Å²) in [6.07, 6.45) is 0. The Morgan fingerprint density at radius 3 is 1.48 bits per heavy atom. The fourth-order valence-corrected chi connectivity index (χ4v) is 11.2. The lowest BCUT2D eigenvalue weighted by Crippen LogP contribution is -2.29. The summed E-state index contributed by atoms with van der Waals surface area (Å²) in [4.78, 5) is 1.53. The molecule has 0 N–H and O–H groups in total. The average Bonchev–Trinajstić information content (AvgIpc) is 2.70. The molecule has 0 aliphatic carbocycles. The van der Waals surface area contributed by atoms with Gasteiger partial charge in [-0.25, -0.2) is 0 Å². The molecule has 0 aliphatic heterocycles. The molecule has 0 saturated heterocycles. The first-order chi connectivity index (χ1) is 14.7. The van der Waals surface area contributed by atoms with Crippen LogP contribution in [0.1, 0.15) is 48.5 Å². The Morgan fingerprint density at radius 2 is 1.06 bits per heavy atom. The maximum absolute atomic E-state index is 2.42. The first-order valence-electron chi connectivity index (χ1n) is 11.2. The van der Waals surface area contributed by atoms with E-state index >= 15 is 0 Å². The number of hydrogen-bond acceptors (Lipinski definition) is 1. The predicted octanol–water partition coefficient (Wildman–Crippen LogP) is 7.26. The van der Waals surface area contributed by atoms with Crippen LogP contribution < -0.4 is 21.2 Å². The maximum atomic E-state index is 2.42. The number of benzene rings is 3. The third-order valence-corrected chi connectivity index (χ3v) is 12.2. The standard InChI is InChI=1S/C28H36P2S/c1-21(2)29(22(3)4)25-19-14-20-26(27(25)31-28(5,6)7)30(23-15-10-8-11-16-23)24-17-12-9-13-18-24/h8-22H,1-7H3. The number of hydrogen-bond donors (Lipinski definition) is 0. The van der Waals surface area contributed by atoms with E-state index in [1.807, 2.05) is 0 Å². The fraction of sp³-hybridized carbons (Fsp3) is 0.357. The molecular formula is C28H36P2S. The molecule has 0 amide bonds. The van der Waals surface area contributed by atoms with Crippen LogP contribution in [0.25, 0.3) is 0 Å². The van der Waals surface area contributed by atoms with Crippen molar-refractivity contribution < 1.29 is 0 Å². The molecule has 0 nitrogen and oxygen atoms in total. The summed E-state index contributed by atoms with van der Waals surface area (Å²) < 4.78 is 0.161. The van der Waals surface area contributed by atoms with Crippen LogP contribution in [0.2, 0.25) is 0 Å². The van der Waals surface area contributed by atoms with Gasteiger partial charge in [-0.3, -0.25) is 0 Å². The highest BCUT2D eigenvalue weighted by Gasteiger charge is 2.29. The molecule has 0 unspecified atom stereocenters. The molecule has 0 atom stereocenters. The second-order valence-electron chi connectivity index (χ2n) is 9.44. The van der Waals surface area contributed by atoms with Gasteiger partial charge in [0.2, 0.25) is 0 Å². The van der Waals surface area contributed by atoms with E-state index in [2.05, 4.69) is 139 Å². The lowest BCUT2D eigenvalue weighted by Gasteiger charge is -2.33. The van der Waals surface area contributed by atoms with Crippen molar-refractivity contribution in [2.75, 3.05) is 0 Å². The van der Waals surface area contributed by atoms with Crippen LogP contribution in [-0.4, -0.2) is 16.1 Å². The highest BCUT2D eigenvalue weighted by atomic mass is 32.2. The van der Waals surface area contributed by atoms with E-state index in [0.29, 0.717) is 11.3 Å². The lowest BCUT2D eigenvalue weighted by atomic mass is 10.3. The molecule has 0 fully saturated rings. The molecule has 0 heterocycles. The van der Waals surface area contributed by atoms with Gasteiger partial charge in [-0.1, -0.05) is 135 Å². The first kappa shape index (κ1) is 24.5. The van der Waals surface area contributed by atoms with Crippen molar-refractivity contribution in [1.82, 2.24) is 0 Å². The molecule has 0 bridgehead atoms. The largest absolute Gasteiger partial charge is 0.119 e. The van der Waals surface area contributed by atoms with Crippen molar-refractivity contribution in [2.45, 2.75) is 69.4 Å². The normalized spacial score (nSPS) is 12.4. The summed E-state index contributed by atoms with van der Waals surface area (Å²) in [5, 5.41) is 5.96. The molecule has 0 radical (unpaired) electrons. The van der Waals surface area contributed by atoms with Gasteiger partial charge in [0.05, 0.1) is 0 Å². The zero-order chi connectivity index (χ0) is 22.6. The number of rotatable bonds is 7. The summed E-state index contributed by atoms with van der Waals surface area (Å²) in [6, 6.07) is 29.4. The van der Waals surface area contributed by atoms with Gasteiger partial charge in [0.15, 0.2) is 0 Å². The van der Waals surface area contributed by atoms with Crippen molar-refractivity contribution in [3.05, 3.63) is 78.9 Å². The third-order valence-electron chi connectivity index (χ3n) is 5.04. The first-order valence-corrected chi connectivity index (χ1v) is 14.8. The van der Waals surface area contributed by atoms with Gasteiger partial charge >= 0.3 is 0 Å². The summed E-state index contributed by atoms with van der Waals surface area (Å²) in [7, 11) is -0.847. The third kappa shape index (κ3) is 6.22. The minimum absolute atomic E-state index is 0.161. The van der Waals surface area contributed by atoms with Crippen LogP contribution in [0.15, 0.2) is 83.8 Å². The Hall–Kier alpha value is -1.13. The molecule has 0 aromatic heterocycles. The Bertz CT molecular complexity index is 912. The predicted molar refractivity (Wildman–Crippen MR) is 148 cm³/mol. The molecule has 164 valence electrons. The summed E-state index contributed by atoms with van der Waals surface area (Å²) in [5.74, 6) is 0. The average molecular weight is 467 g/mol. The van der Waals surface area contributed by atoms with E-state index in [4.69, 9.17) is 0 Å². The van der Waals surface area contributed by atoms with Crippen LogP contribution in [0, 0.1) is 0 Å².